The van der Waals surface area contributed by atoms with Crippen molar-refractivity contribution >= 4 is 11.6 Å². The van der Waals surface area contributed by atoms with Gasteiger partial charge in [0.2, 0.25) is 5.91 Å². The van der Waals surface area contributed by atoms with Crippen molar-refractivity contribution in [1.29, 1.82) is 0 Å². The second-order valence-electron chi connectivity index (χ2n) is 7.75. The SMILES string of the molecule is C[C@@H]1CN(C(=O)[C@H](C)N2CCN(c3cccc(C(F)(F)F)c3)CC2)C[C@@H](C)O1. The van der Waals surface area contributed by atoms with Gasteiger partial charge < -0.3 is 14.5 Å². The van der Waals surface area contributed by atoms with E-state index in [1.165, 1.54) is 12.1 Å². The van der Waals surface area contributed by atoms with E-state index in [4.69, 9.17) is 4.74 Å². The van der Waals surface area contributed by atoms with E-state index in [0.29, 0.717) is 45.0 Å². The summed E-state index contributed by atoms with van der Waals surface area (Å²) in [4.78, 5) is 18.8. The summed E-state index contributed by atoms with van der Waals surface area (Å²) in [7, 11) is 0. The van der Waals surface area contributed by atoms with Crippen molar-refractivity contribution < 1.29 is 22.7 Å². The molecule has 1 aromatic carbocycles. The first-order valence-electron chi connectivity index (χ1n) is 9.75. The van der Waals surface area contributed by atoms with Crippen molar-refractivity contribution in [3.05, 3.63) is 29.8 Å². The second kappa shape index (κ2) is 8.29. The van der Waals surface area contributed by atoms with Crippen LogP contribution in [0.25, 0.3) is 0 Å². The Morgan fingerprint density at radius 3 is 2.29 bits per heavy atom. The molecule has 2 aliphatic heterocycles. The van der Waals surface area contributed by atoms with E-state index in [0.717, 1.165) is 6.07 Å². The lowest BCUT2D eigenvalue weighted by Crippen LogP contribution is -2.57. The number of rotatable bonds is 3. The minimum absolute atomic E-state index is 0.0256. The molecule has 0 N–H and O–H groups in total. The maximum atomic E-state index is 12.9. The number of alkyl halides is 3. The highest BCUT2D eigenvalue weighted by Gasteiger charge is 2.34. The van der Waals surface area contributed by atoms with Crippen molar-refractivity contribution in [3.63, 3.8) is 0 Å². The van der Waals surface area contributed by atoms with E-state index < -0.39 is 11.7 Å². The van der Waals surface area contributed by atoms with Gasteiger partial charge in [-0.05, 0) is 39.0 Å². The highest BCUT2D eigenvalue weighted by atomic mass is 19.4. The van der Waals surface area contributed by atoms with Crippen molar-refractivity contribution in [2.45, 2.75) is 45.2 Å². The van der Waals surface area contributed by atoms with Crippen LogP contribution in [0, 0.1) is 0 Å². The van der Waals surface area contributed by atoms with Crippen LogP contribution in [0.1, 0.15) is 26.3 Å². The zero-order valence-corrected chi connectivity index (χ0v) is 16.6. The Balaban J connectivity index is 1.58. The molecule has 0 radical (unpaired) electrons. The molecule has 156 valence electrons. The van der Waals surface area contributed by atoms with Gasteiger partial charge >= 0.3 is 6.18 Å². The molecule has 0 saturated carbocycles. The molecule has 3 atom stereocenters. The number of piperazine rings is 1. The molecule has 2 aliphatic rings. The topological polar surface area (TPSA) is 36.0 Å². The molecule has 0 bridgehead atoms. The molecule has 8 heteroatoms. The van der Waals surface area contributed by atoms with Crippen molar-refractivity contribution in [2.24, 2.45) is 0 Å². The molecule has 2 heterocycles. The summed E-state index contributed by atoms with van der Waals surface area (Å²) in [6.07, 6.45) is -4.29. The van der Waals surface area contributed by atoms with E-state index in [1.54, 1.807) is 6.07 Å². The summed E-state index contributed by atoms with van der Waals surface area (Å²) in [5.41, 5.74) is -0.0594. The Morgan fingerprint density at radius 1 is 1.11 bits per heavy atom. The highest BCUT2D eigenvalue weighted by molar-refractivity contribution is 5.81. The number of carbonyl (C=O) groups is 1. The summed E-state index contributed by atoms with van der Waals surface area (Å²) in [5, 5.41) is 0. The lowest BCUT2D eigenvalue weighted by atomic mass is 10.1. The number of morpholine rings is 1. The molecule has 2 fully saturated rings. The average Bonchev–Trinajstić information content (AvgIpc) is 2.65. The number of hydrogen-bond acceptors (Lipinski definition) is 4. The van der Waals surface area contributed by atoms with E-state index in [1.807, 2.05) is 30.6 Å². The van der Waals surface area contributed by atoms with Crippen LogP contribution in [0.5, 0.6) is 0 Å². The molecule has 0 aliphatic carbocycles. The molecule has 1 aromatic rings. The normalized spacial score (nSPS) is 25.6. The summed E-state index contributed by atoms with van der Waals surface area (Å²) in [5.74, 6) is 0.0921. The van der Waals surface area contributed by atoms with Gasteiger partial charge in [-0.2, -0.15) is 13.2 Å². The van der Waals surface area contributed by atoms with Crippen LogP contribution in [0.15, 0.2) is 24.3 Å². The molecule has 1 amide bonds. The van der Waals surface area contributed by atoms with Crippen molar-refractivity contribution in [1.82, 2.24) is 9.80 Å². The fourth-order valence-corrected chi connectivity index (χ4v) is 4.02. The van der Waals surface area contributed by atoms with Crippen LogP contribution in [-0.2, 0) is 15.7 Å². The van der Waals surface area contributed by atoms with Gasteiger partial charge in [-0.15, -0.1) is 0 Å². The maximum absolute atomic E-state index is 12.9. The predicted molar refractivity (Wildman–Crippen MR) is 101 cm³/mol. The molecular formula is C20H28F3N3O2. The third-order valence-corrected chi connectivity index (χ3v) is 5.49. The second-order valence-corrected chi connectivity index (χ2v) is 7.75. The van der Waals surface area contributed by atoms with Gasteiger partial charge in [0.05, 0.1) is 23.8 Å². The Bertz CT molecular complexity index is 680. The molecular weight excluding hydrogens is 371 g/mol. The number of anilines is 1. The van der Waals surface area contributed by atoms with Gasteiger partial charge in [-0.25, -0.2) is 0 Å². The fourth-order valence-electron chi connectivity index (χ4n) is 4.02. The van der Waals surface area contributed by atoms with Gasteiger partial charge in [0.1, 0.15) is 0 Å². The number of nitrogens with zero attached hydrogens (tertiary/aromatic N) is 3. The van der Waals surface area contributed by atoms with Crippen LogP contribution in [0.4, 0.5) is 18.9 Å². The Hall–Kier alpha value is -1.80. The Kier molecular flexibility index (Phi) is 6.19. The first kappa shape index (κ1) is 20.9. The summed E-state index contributed by atoms with van der Waals surface area (Å²) in [6, 6.07) is 5.18. The quantitative estimate of drug-likeness (QED) is 0.783. The van der Waals surface area contributed by atoms with Gasteiger partial charge in [0.15, 0.2) is 0 Å². The van der Waals surface area contributed by atoms with Crippen LogP contribution >= 0.6 is 0 Å². The van der Waals surface area contributed by atoms with Crippen LogP contribution in [-0.4, -0.2) is 73.2 Å². The zero-order valence-electron chi connectivity index (χ0n) is 16.6. The van der Waals surface area contributed by atoms with E-state index >= 15 is 0 Å². The Labute approximate surface area is 164 Å². The van der Waals surface area contributed by atoms with Gasteiger partial charge in [-0.3, -0.25) is 9.69 Å². The fraction of sp³-hybridized carbons (Fsp3) is 0.650. The first-order chi connectivity index (χ1) is 13.1. The molecule has 3 rings (SSSR count). The van der Waals surface area contributed by atoms with Gasteiger partial charge in [-0.1, -0.05) is 6.07 Å². The summed E-state index contributed by atoms with van der Waals surface area (Å²) >= 11 is 0. The van der Waals surface area contributed by atoms with Crippen LogP contribution in [0.2, 0.25) is 0 Å². The minimum Gasteiger partial charge on any atom is -0.372 e. The third kappa shape index (κ3) is 4.78. The first-order valence-corrected chi connectivity index (χ1v) is 9.75. The summed E-state index contributed by atoms with van der Waals surface area (Å²) in [6.45, 7) is 9.49. The predicted octanol–water partition coefficient (Wildman–Crippen LogP) is 2.85. The highest BCUT2D eigenvalue weighted by Crippen LogP contribution is 2.32. The lowest BCUT2D eigenvalue weighted by Gasteiger charge is -2.42. The third-order valence-electron chi connectivity index (χ3n) is 5.49. The number of benzene rings is 1. The Morgan fingerprint density at radius 2 is 1.71 bits per heavy atom. The number of amides is 1. The number of ether oxygens (including phenoxy) is 1. The van der Waals surface area contributed by atoms with Gasteiger partial charge in [0, 0.05) is 45.0 Å². The van der Waals surface area contributed by atoms with Crippen LogP contribution < -0.4 is 4.90 Å². The van der Waals surface area contributed by atoms with E-state index in [9.17, 15) is 18.0 Å². The van der Waals surface area contributed by atoms with E-state index in [-0.39, 0.29) is 24.2 Å². The molecule has 0 spiro atoms. The number of carbonyl (C=O) groups excluding carboxylic acids is 1. The van der Waals surface area contributed by atoms with Crippen LogP contribution in [0.3, 0.4) is 0 Å². The van der Waals surface area contributed by atoms with Gasteiger partial charge in [0.25, 0.3) is 0 Å². The number of halogens is 3. The van der Waals surface area contributed by atoms with E-state index in [2.05, 4.69) is 4.90 Å². The molecule has 0 unspecified atom stereocenters. The maximum Gasteiger partial charge on any atom is 0.416 e. The molecule has 0 aromatic heterocycles. The molecule has 28 heavy (non-hydrogen) atoms. The largest absolute Gasteiger partial charge is 0.416 e. The number of hydrogen-bond donors (Lipinski definition) is 0. The monoisotopic (exact) mass is 399 g/mol. The summed E-state index contributed by atoms with van der Waals surface area (Å²) < 4.78 is 44.5. The smallest absolute Gasteiger partial charge is 0.372 e. The van der Waals surface area contributed by atoms with Crippen molar-refractivity contribution in [2.75, 3.05) is 44.2 Å². The minimum atomic E-state index is -4.34. The molecule has 5 nitrogen and oxygen atoms in total. The standard InChI is InChI=1S/C20H28F3N3O2/c1-14-12-26(13-15(2)28-14)19(27)16(3)24-7-9-25(10-8-24)18-6-4-5-17(11-18)20(21,22)23/h4-6,11,14-16H,7-10,12-13H2,1-3H3/t14-,15-,16+/m1/s1. The average molecular weight is 399 g/mol. The molecule has 2 saturated heterocycles. The lowest BCUT2D eigenvalue weighted by molar-refractivity contribution is -0.148. The zero-order chi connectivity index (χ0) is 20.5. The van der Waals surface area contributed by atoms with Crippen molar-refractivity contribution in [3.8, 4) is 0 Å².